The average Bonchev–Trinajstić information content (AvgIpc) is 3.49. The zero-order valence-corrected chi connectivity index (χ0v) is 17.9. The molecule has 4 rings (SSSR count). The number of aliphatic imine (C=N–C) groups is 1. The van der Waals surface area contributed by atoms with Crippen molar-refractivity contribution in [3.8, 4) is 0 Å². The number of piperazine rings is 1. The zero-order chi connectivity index (χ0) is 19.5. The third kappa shape index (κ3) is 4.32. The number of guanidine groups is 1. The van der Waals surface area contributed by atoms with E-state index in [0.29, 0.717) is 5.91 Å². The fourth-order valence-electron chi connectivity index (χ4n) is 6.11. The molecular formula is C22H39N5O. The molecule has 6 nitrogen and oxygen atoms in total. The highest BCUT2D eigenvalue weighted by Gasteiger charge is 2.39. The molecule has 0 spiro atoms. The van der Waals surface area contributed by atoms with Crippen LogP contribution in [0, 0.1) is 17.8 Å². The lowest BCUT2D eigenvalue weighted by Crippen LogP contribution is -2.57. The Morgan fingerprint density at radius 1 is 1.04 bits per heavy atom. The first kappa shape index (κ1) is 20.0. The van der Waals surface area contributed by atoms with Gasteiger partial charge in [0.2, 0.25) is 5.91 Å². The molecule has 4 unspecified atom stereocenters. The molecule has 1 amide bonds. The highest BCUT2D eigenvalue weighted by Crippen LogP contribution is 2.49. The van der Waals surface area contributed by atoms with Crippen molar-refractivity contribution in [2.24, 2.45) is 22.7 Å². The lowest BCUT2D eigenvalue weighted by molar-refractivity contribution is -0.135. The van der Waals surface area contributed by atoms with Crippen molar-refractivity contribution in [3.63, 3.8) is 0 Å². The van der Waals surface area contributed by atoms with Crippen LogP contribution in [-0.4, -0.2) is 85.5 Å². The zero-order valence-electron chi connectivity index (χ0n) is 17.9. The molecule has 4 atom stereocenters. The molecule has 1 N–H and O–H groups in total. The molecule has 2 saturated carbocycles. The number of carbonyl (C=O) groups excluding carboxylic acids is 1. The summed E-state index contributed by atoms with van der Waals surface area (Å²) >= 11 is 0. The van der Waals surface area contributed by atoms with E-state index in [0.717, 1.165) is 82.4 Å². The van der Waals surface area contributed by atoms with Crippen LogP contribution in [-0.2, 0) is 4.79 Å². The second-order valence-corrected chi connectivity index (χ2v) is 9.43. The smallest absolute Gasteiger partial charge is 0.239 e. The van der Waals surface area contributed by atoms with E-state index >= 15 is 0 Å². The maximum Gasteiger partial charge on any atom is 0.239 e. The largest absolute Gasteiger partial charge is 0.356 e. The van der Waals surface area contributed by atoms with Crippen molar-refractivity contribution in [1.82, 2.24) is 20.0 Å². The van der Waals surface area contributed by atoms with Crippen LogP contribution < -0.4 is 5.32 Å². The summed E-state index contributed by atoms with van der Waals surface area (Å²) in [7, 11) is 1.89. The third-order valence-corrected chi connectivity index (χ3v) is 7.83. The normalized spacial score (nSPS) is 32.2. The molecule has 2 aliphatic carbocycles. The highest BCUT2D eigenvalue weighted by molar-refractivity contribution is 5.82. The Bertz CT molecular complexity index is 565. The van der Waals surface area contributed by atoms with Crippen LogP contribution in [0.5, 0.6) is 0 Å². The number of amides is 1. The summed E-state index contributed by atoms with van der Waals surface area (Å²) in [6, 6.07) is 0.00742. The Hall–Kier alpha value is -1.30. The van der Waals surface area contributed by atoms with Gasteiger partial charge < -0.3 is 15.1 Å². The summed E-state index contributed by atoms with van der Waals surface area (Å²) in [6.07, 6.45) is 9.54. The molecule has 2 heterocycles. The maximum absolute atomic E-state index is 12.7. The summed E-state index contributed by atoms with van der Waals surface area (Å²) < 4.78 is 0. The van der Waals surface area contributed by atoms with Crippen LogP contribution in [0.2, 0.25) is 0 Å². The molecule has 158 valence electrons. The van der Waals surface area contributed by atoms with Gasteiger partial charge in [0.15, 0.2) is 5.96 Å². The van der Waals surface area contributed by atoms with Gasteiger partial charge in [-0.05, 0) is 63.2 Å². The van der Waals surface area contributed by atoms with Crippen LogP contribution in [0.1, 0.15) is 51.9 Å². The van der Waals surface area contributed by atoms with E-state index in [1.54, 1.807) is 0 Å². The predicted molar refractivity (Wildman–Crippen MR) is 113 cm³/mol. The van der Waals surface area contributed by atoms with Crippen molar-refractivity contribution in [2.75, 3.05) is 52.9 Å². The standard InChI is InChI=1S/C22H39N5O/c1-17(21(28)26-9-3-4-10-26)25-11-13-27(14-12-25)22(23-2)24-8-7-20-16-18-5-6-19(20)15-18/h17-20H,3-16H2,1-2H3,(H,23,24). The maximum atomic E-state index is 12.7. The van der Waals surface area contributed by atoms with Crippen molar-refractivity contribution in [3.05, 3.63) is 0 Å². The molecule has 2 saturated heterocycles. The molecule has 0 aromatic carbocycles. The Morgan fingerprint density at radius 2 is 1.79 bits per heavy atom. The third-order valence-electron chi connectivity index (χ3n) is 7.83. The Labute approximate surface area is 170 Å². The van der Waals surface area contributed by atoms with Gasteiger partial charge in [0, 0.05) is 52.9 Å². The van der Waals surface area contributed by atoms with E-state index in [2.05, 4.69) is 27.0 Å². The molecule has 4 fully saturated rings. The Balaban J connectivity index is 1.19. The molecule has 0 aromatic heterocycles. The lowest BCUT2D eigenvalue weighted by Gasteiger charge is -2.39. The number of carbonyl (C=O) groups is 1. The lowest BCUT2D eigenvalue weighted by atomic mass is 9.86. The van der Waals surface area contributed by atoms with Crippen LogP contribution in [0.15, 0.2) is 4.99 Å². The highest BCUT2D eigenvalue weighted by atomic mass is 16.2. The number of hydrogen-bond acceptors (Lipinski definition) is 3. The second kappa shape index (κ2) is 9.02. The Kier molecular flexibility index (Phi) is 6.44. The van der Waals surface area contributed by atoms with Crippen molar-refractivity contribution in [2.45, 2.75) is 57.9 Å². The Morgan fingerprint density at radius 3 is 2.39 bits per heavy atom. The molecule has 0 radical (unpaired) electrons. The summed E-state index contributed by atoms with van der Waals surface area (Å²) in [5.74, 6) is 4.35. The van der Waals surface area contributed by atoms with Gasteiger partial charge in [0.25, 0.3) is 0 Å². The van der Waals surface area contributed by atoms with E-state index < -0.39 is 0 Å². The number of rotatable bonds is 5. The molecule has 28 heavy (non-hydrogen) atoms. The van der Waals surface area contributed by atoms with Gasteiger partial charge in [-0.2, -0.15) is 0 Å². The number of likely N-dealkylation sites (tertiary alicyclic amines) is 1. The van der Waals surface area contributed by atoms with E-state index in [1.165, 1.54) is 32.1 Å². The van der Waals surface area contributed by atoms with E-state index in [4.69, 9.17) is 0 Å². The summed E-state index contributed by atoms with van der Waals surface area (Å²) in [5, 5.41) is 3.62. The number of nitrogens with zero attached hydrogens (tertiary/aromatic N) is 4. The van der Waals surface area contributed by atoms with Gasteiger partial charge in [-0.1, -0.05) is 6.42 Å². The first-order chi connectivity index (χ1) is 13.7. The summed E-state index contributed by atoms with van der Waals surface area (Å²) in [5.41, 5.74) is 0. The number of fused-ring (bicyclic) bond motifs is 2. The van der Waals surface area contributed by atoms with E-state index in [1.807, 2.05) is 11.9 Å². The minimum absolute atomic E-state index is 0.00742. The SMILES string of the molecule is CN=C(NCCC1CC2CCC1C2)N1CCN(C(C)C(=O)N2CCCC2)CC1. The quantitative estimate of drug-likeness (QED) is 0.577. The van der Waals surface area contributed by atoms with Gasteiger partial charge in [0.05, 0.1) is 6.04 Å². The van der Waals surface area contributed by atoms with Gasteiger partial charge >= 0.3 is 0 Å². The van der Waals surface area contributed by atoms with Crippen molar-refractivity contribution >= 4 is 11.9 Å². The van der Waals surface area contributed by atoms with E-state index in [-0.39, 0.29) is 6.04 Å². The van der Waals surface area contributed by atoms with Crippen LogP contribution >= 0.6 is 0 Å². The predicted octanol–water partition coefficient (Wildman–Crippen LogP) is 2.02. The average molecular weight is 390 g/mol. The van der Waals surface area contributed by atoms with Gasteiger partial charge in [-0.15, -0.1) is 0 Å². The van der Waals surface area contributed by atoms with E-state index in [9.17, 15) is 4.79 Å². The number of hydrogen-bond donors (Lipinski definition) is 1. The fourth-order valence-corrected chi connectivity index (χ4v) is 6.11. The van der Waals surface area contributed by atoms with Crippen LogP contribution in [0.4, 0.5) is 0 Å². The second-order valence-electron chi connectivity index (χ2n) is 9.43. The summed E-state index contributed by atoms with van der Waals surface area (Å²) in [4.78, 5) is 24.0. The van der Waals surface area contributed by atoms with Gasteiger partial charge in [-0.3, -0.25) is 14.7 Å². The van der Waals surface area contributed by atoms with Gasteiger partial charge in [-0.25, -0.2) is 0 Å². The number of nitrogens with one attached hydrogen (secondary N) is 1. The molecule has 2 bridgehead atoms. The molecule has 4 aliphatic rings. The first-order valence-corrected chi connectivity index (χ1v) is 11.6. The van der Waals surface area contributed by atoms with Crippen molar-refractivity contribution < 1.29 is 4.79 Å². The first-order valence-electron chi connectivity index (χ1n) is 11.6. The molecule has 0 aromatic rings. The van der Waals surface area contributed by atoms with Crippen LogP contribution in [0.25, 0.3) is 0 Å². The monoisotopic (exact) mass is 389 g/mol. The fraction of sp³-hybridized carbons (Fsp3) is 0.909. The molecule has 2 aliphatic heterocycles. The van der Waals surface area contributed by atoms with Crippen LogP contribution in [0.3, 0.4) is 0 Å². The molecular weight excluding hydrogens is 350 g/mol. The van der Waals surface area contributed by atoms with Crippen molar-refractivity contribution in [1.29, 1.82) is 0 Å². The minimum atomic E-state index is 0.00742. The summed E-state index contributed by atoms with van der Waals surface area (Å²) in [6.45, 7) is 8.80. The molecule has 6 heteroatoms. The minimum Gasteiger partial charge on any atom is -0.356 e. The van der Waals surface area contributed by atoms with Gasteiger partial charge in [0.1, 0.15) is 0 Å². The topological polar surface area (TPSA) is 51.2 Å².